The lowest BCUT2D eigenvalue weighted by molar-refractivity contribution is -0.137. The van der Waals surface area contributed by atoms with Crippen LogP contribution in [0.25, 0.3) is 0 Å². The molecule has 1 N–H and O–H groups in total. The second-order valence-corrected chi connectivity index (χ2v) is 4.32. The summed E-state index contributed by atoms with van der Waals surface area (Å²) in [5.41, 5.74) is 1.86. The van der Waals surface area contributed by atoms with E-state index in [1.165, 1.54) is 10.5 Å². The van der Waals surface area contributed by atoms with Crippen LogP contribution in [0.5, 0.6) is 0 Å². The molecule has 0 spiro atoms. The Kier molecular flexibility index (Phi) is 5.60. The maximum atomic E-state index is 12.2. The molecular weight excluding hydrogens is 256 g/mol. The van der Waals surface area contributed by atoms with Crippen LogP contribution in [0.15, 0.2) is 24.3 Å². The molecule has 5 nitrogen and oxygen atoms in total. The van der Waals surface area contributed by atoms with E-state index in [0.717, 1.165) is 11.3 Å². The Morgan fingerprint density at radius 2 is 1.90 bits per heavy atom. The van der Waals surface area contributed by atoms with Crippen molar-refractivity contribution in [2.45, 2.75) is 13.3 Å². The Balaban J connectivity index is 2.86. The zero-order valence-electron chi connectivity index (χ0n) is 11.7. The molecule has 20 heavy (non-hydrogen) atoms. The fraction of sp³-hybridized carbons (Fsp3) is 0.333. The predicted octanol–water partition coefficient (Wildman–Crippen LogP) is 1.82. The van der Waals surface area contributed by atoms with Gasteiger partial charge in [-0.15, -0.1) is 6.42 Å². The largest absolute Gasteiger partial charge is 0.480 e. The number of benzene rings is 1. The summed E-state index contributed by atoms with van der Waals surface area (Å²) in [7, 11) is 1.59. The second kappa shape index (κ2) is 7.19. The molecule has 1 aromatic rings. The van der Waals surface area contributed by atoms with E-state index in [0.29, 0.717) is 5.69 Å². The third kappa shape index (κ3) is 4.02. The molecule has 0 bridgehead atoms. The lowest BCUT2D eigenvalue weighted by Crippen LogP contribution is -2.44. The summed E-state index contributed by atoms with van der Waals surface area (Å²) in [6.45, 7) is 1.59. The van der Waals surface area contributed by atoms with Crippen LogP contribution < -0.4 is 4.90 Å². The van der Waals surface area contributed by atoms with E-state index in [1.807, 2.05) is 31.2 Å². The van der Waals surface area contributed by atoms with Gasteiger partial charge in [0.05, 0.1) is 6.54 Å². The molecule has 0 fully saturated rings. The van der Waals surface area contributed by atoms with Gasteiger partial charge in [0.15, 0.2) is 0 Å². The van der Waals surface area contributed by atoms with E-state index < -0.39 is 18.5 Å². The first-order chi connectivity index (χ1) is 9.49. The number of carbonyl (C=O) groups excluding carboxylic acids is 1. The van der Waals surface area contributed by atoms with Crippen molar-refractivity contribution in [2.75, 3.05) is 25.0 Å². The molecule has 1 aromatic carbocycles. The van der Waals surface area contributed by atoms with Gasteiger partial charge in [-0.25, -0.2) is 4.79 Å². The lowest BCUT2D eigenvalue weighted by Gasteiger charge is -2.25. The van der Waals surface area contributed by atoms with Crippen LogP contribution in [0, 0.1) is 12.3 Å². The number of urea groups is 1. The first-order valence-corrected chi connectivity index (χ1v) is 6.26. The van der Waals surface area contributed by atoms with E-state index in [9.17, 15) is 9.59 Å². The minimum Gasteiger partial charge on any atom is -0.480 e. The topological polar surface area (TPSA) is 60.9 Å². The Hall–Kier alpha value is -2.48. The number of hydrogen-bond acceptors (Lipinski definition) is 2. The number of aliphatic carboxylic acids is 1. The first-order valence-electron chi connectivity index (χ1n) is 6.26. The quantitative estimate of drug-likeness (QED) is 0.833. The number of rotatable bonds is 5. The van der Waals surface area contributed by atoms with Crippen molar-refractivity contribution in [3.63, 3.8) is 0 Å². The standard InChI is InChI=1S/C15H18N2O3/c1-4-10-17(11-14(18)19)15(20)16(3)13-8-6-12(5-2)7-9-13/h1,6-9H,5,10-11H2,2-3H3,(H,18,19). The number of carboxylic acid groups (broad SMARTS) is 1. The van der Waals surface area contributed by atoms with Gasteiger partial charge in [-0.3, -0.25) is 9.69 Å². The molecule has 0 saturated heterocycles. The number of anilines is 1. The third-order valence-corrected chi connectivity index (χ3v) is 2.90. The van der Waals surface area contributed by atoms with Crippen molar-refractivity contribution >= 4 is 17.7 Å². The Bertz CT molecular complexity index is 517. The van der Waals surface area contributed by atoms with Crippen LogP contribution in [0.3, 0.4) is 0 Å². The van der Waals surface area contributed by atoms with Crippen molar-refractivity contribution in [3.05, 3.63) is 29.8 Å². The molecule has 0 aliphatic heterocycles. The average molecular weight is 274 g/mol. The van der Waals surface area contributed by atoms with Crippen LogP contribution in [0.2, 0.25) is 0 Å². The van der Waals surface area contributed by atoms with Crippen LogP contribution in [-0.2, 0) is 11.2 Å². The van der Waals surface area contributed by atoms with E-state index in [2.05, 4.69) is 5.92 Å². The maximum absolute atomic E-state index is 12.2. The Morgan fingerprint density at radius 1 is 1.30 bits per heavy atom. The van der Waals surface area contributed by atoms with Crippen molar-refractivity contribution in [3.8, 4) is 12.3 Å². The van der Waals surface area contributed by atoms with Crippen molar-refractivity contribution < 1.29 is 14.7 Å². The maximum Gasteiger partial charge on any atom is 0.325 e. The number of amides is 2. The van der Waals surface area contributed by atoms with Crippen LogP contribution in [-0.4, -0.2) is 42.1 Å². The zero-order chi connectivity index (χ0) is 15.1. The molecule has 0 radical (unpaired) electrons. The Morgan fingerprint density at radius 3 is 2.35 bits per heavy atom. The zero-order valence-corrected chi connectivity index (χ0v) is 11.7. The summed E-state index contributed by atoms with van der Waals surface area (Å²) < 4.78 is 0. The monoisotopic (exact) mass is 274 g/mol. The molecule has 5 heteroatoms. The van der Waals surface area contributed by atoms with E-state index in [1.54, 1.807) is 7.05 Å². The van der Waals surface area contributed by atoms with Gasteiger partial charge in [-0.1, -0.05) is 25.0 Å². The molecule has 0 heterocycles. The predicted molar refractivity (Wildman–Crippen MR) is 77.7 cm³/mol. The summed E-state index contributed by atoms with van der Waals surface area (Å²) in [4.78, 5) is 25.5. The molecule has 0 atom stereocenters. The van der Waals surface area contributed by atoms with Gasteiger partial charge in [-0.05, 0) is 24.1 Å². The summed E-state index contributed by atoms with van der Waals surface area (Å²) in [5, 5.41) is 8.80. The SMILES string of the molecule is C#CCN(CC(=O)O)C(=O)N(C)c1ccc(CC)cc1. The highest BCUT2D eigenvalue weighted by Crippen LogP contribution is 2.15. The fourth-order valence-electron chi connectivity index (χ4n) is 1.74. The second-order valence-electron chi connectivity index (χ2n) is 4.32. The number of carbonyl (C=O) groups is 2. The van der Waals surface area contributed by atoms with Crippen LogP contribution in [0.4, 0.5) is 10.5 Å². The summed E-state index contributed by atoms with van der Waals surface area (Å²) in [6.07, 6.45) is 6.08. The molecule has 106 valence electrons. The summed E-state index contributed by atoms with van der Waals surface area (Å²) in [6, 6.07) is 7.08. The molecule has 0 saturated carbocycles. The highest BCUT2D eigenvalue weighted by molar-refractivity contribution is 5.93. The van der Waals surface area contributed by atoms with Gasteiger partial charge in [-0.2, -0.15) is 0 Å². The minimum atomic E-state index is -1.09. The number of nitrogens with zero attached hydrogens (tertiary/aromatic N) is 2. The molecule has 0 aromatic heterocycles. The highest BCUT2D eigenvalue weighted by atomic mass is 16.4. The minimum absolute atomic E-state index is 0.0392. The van der Waals surface area contributed by atoms with Gasteiger partial charge < -0.3 is 10.0 Å². The molecule has 2 amide bonds. The van der Waals surface area contributed by atoms with Crippen molar-refractivity contribution in [1.82, 2.24) is 4.90 Å². The normalized spacial score (nSPS) is 9.65. The summed E-state index contributed by atoms with van der Waals surface area (Å²) >= 11 is 0. The molecule has 0 unspecified atom stereocenters. The van der Waals surface area contributed by atoms with Crippen LogP contribution in [0.1, 0.15) is 12.5 Å². The van der Waals surface area contributed by atoms with E-state index >= 15 is 0 Å². The molecule has 0 aliphatic carbocycles. The first kappa shape index (κ1) is 15.6. The molecule has 0 aliphatic rings. The third-order valence-electron chi connectivity index (χ3n) is 2.90. The van der Waals surface area contributed by atoms with Crippen molar-refractivity contribution in [2.24, 2.45) is 0 Å². The van der Waals surface area contributed by atoms with E-state index in [4.69, 9.17) is 11.5 Å². The summed E-state index contributed by atoms with van der Waals surface area (Å²) in [5.74, 6) is 1.20. The lowest BCUT2D eigenvalue weighted by atomic mass is 10.1. The average Bonchev–Trinajstić information content (AvgIpc) is 2.45. The van der Waals surface area contributed by atoms with Gasteiger partial charge >= 0.3 is 12.0 Å². The van der Waals surface area contributed by atoms with E-state index in [-0.39, 0.29) is 6.54 Å². The highest BCUT2D eigenvalue weighted by Gasteiger charge is 2.20. The smallest absolute Gasteiger partial charge is 0.325 e. The van der Waals surface area contributed by atoms with Crippen LogP contribution >= 0.6 is 0 Å². The van der Waals surface area contributed by atoms with Gasteiger partial charge in [0.1, 0.15) is 6.54 Å². The number of hydrogen-bond donors (Lipinski definition) is 1. The number of terminal acetylenes is 1. The number of carboxylic acids is 1. The van der Waals surface area contributed by atoms with Crippen molar-refractivity contribution in [1.29, 1.82) is 0 Å². The fourth-order valence-corrected chi connectivity index (χ4v) is 1.74. The van der Waals surface area contributed by atoms with Gasteiger partial charge in [0.25, 0.3) is 0 Å². The molecular formula is C15H18N2O3. The Labute approximate surface area is 118 Å². The number of aryl methyl sites for hydroxylation is 1. The van der Waals surface area contributed by atoms with Gasteiger partial charge in [0, 0.05) is 12.7 Å². The van der Waals surface area contributed by atoms with Gasteiger partial charge in [0.2, 0.25) is 0 Å². The molecule has 1 rings (SSSR count).